The third kappa shape index (κ3) is 5.09. The van der Waals surface area contributed by atoms with Crippen LogP contribution in [0.5, 0.6) is 0 Å². The standard InChI is InChI=1S/C30H29F5N2O4/c1-15-9-18-12-19(13-25(15)37(18)27-23(31)10-17(11-24(27)32)29(38)39-2)40-14-21-26(36-41-28(21)16-7-8-16)20-5-3-4-6-22(20)30(33,34)35/h3-6,10-11,15-16,18-19,25H,7-9,12-14H2,1-2H3/t15-,18?,19?,25?/m1/s1. The Morgan fingerprint density at radius 1 is 1.10 bits per heavy atom. The molecular formula is C30H29F5N2O4. The number of carbonyl (C=O) groups is 1. The molecule has 2 bridgehead atoms. The Balaban J connectivity index is 1.24. The molecule has 2 aromatic carbocycles. The van der Waals surface area contributed by atoms with Gasteiger partial charge in [-0.15, -0.1) is 0 Å². The molecule has 218 valence electrons. The molecule has 0 radical (unpaired) electrons. The minimum Gasteiger partial charge on any atom is -0.465 e. The van der Waals surface area contributed by atoms with Crippen LogP contribution in [0.25, 0.3) is 11.3 Å². The zero-order valence-electron chi connectivity index (χ0n) is 22.5. The van der Waals surface area contributed by atoms with E-state index in [4.69, 9.17) is 9.26 Å². The molecule has 0 N–H and O–H groups in total. The number of esters is 1. The number of methoxy groups -OCH3 is 1. The van der Waals surface area contributed by atoms with Gasteiger partial charge in [-0.1, -0.05) is 30.3 Å². The molecule has 3 heterocycles. The summed E-state index contributed by atoms with van der Waals surface area (Å²) in [4.78, 5) is 13.6. The number of nitrogens with zero attached hydrogens (tertiary/aromatic N) is 2. The Morgan fingerprint density at radius 2 is 1.80 bits per heavy atom. The number of piperidine rings is 1. The van der Waals surface area contributed by atoms with Gasteiger partial charge in [0, 0.05) is 29.1 Å². The van der Waals surface area contributed by atoms with Gasteiger partial charge in [-0.3, -0.25) is 0 Å². The number of benzene rings is 2. The van der Waals surface area contributed by atoms with Crippen molar-refractivity contribution >= 4 is 11.7 Å². The van der Waals surface area contributed by atoms with E-state index in [-0.39, 0.29) is 59.1 Å². The Kier molecular flexibility index (Phi) is 7.04. The lowest BCUT2D eigenvalue weighted by atomic mass is 9.95. The number of rotatable bonds is 7. The molecular weight excluding hydrogens is 547 g/mol. The molecule has 3 aliphatic rings. The van der Waals surface area contributed by atoms with Crippen molar-refractivity contribution < 1.29 is 40.7 Å². The molecule has 2 aliphatic heterocycles. The van der Waals surface area contributed by atoms with E-state index in [0.717, 1.165) is 38.2 Å². The number of hydrogen-bond donors (Lipinski definition) is 0. The molecule has 41 heavy (non-hydrogen) atoms. The summed E-state index contributed by atoms with van der Waals surface area (Å²) in [5, 5.41) is 4.06. The van der Waals surface area contributed by atoms with Crippen molar-refractivity contribution in [3.63, 3.8) is 0 Å². The minimum atomic E-state index is -4.56. The molecule has 11 heteroatoms. The second-order valence-electron chi connectivity index (χ2n) is 11.2. The number of halogens is 5. The van der Waals surface area contributed by atoms with Crippen LogP contribution in [0.3, 0.4) is 0 Å². The second kappa shape index (κ2) is 10.4. The SMILES string of the molecule is COC(=O)c1cc(F)c(N2C3CC(OCc4c(-c5ccccc5C(F)(F)F)noc4C4CC4)CC2[C@H](C)C3)c(F)c1. The first-order valence-electron chi connectivity index (χ1n) is 13.7. The third-order valence-corrected chi connectivity index (χ3v) is 8.50. The molecule has 1 aliphatic carbocycles. The summed E-state index contributed by atoms with van der Waals surface area (Å²) in [7, 11) is 1.14. The van der Waals surface area contributed by atoms with Crippen molar-refractivity contribution in [1.29, 1.82) is 0 Å². The highest BCUT2D eigenvalue weighted by Crippen LogP contribution is 2.48. The fourth-order valence-electron chi connectivity index (χ4n) is 6.48. The topological polar surface area (TPSA) is 64.8 Å². The van der Waals surface area contributed by atoms with Crippen molar-refractivity contribution in [3.05, 3.63) is 70.5 Å². The molecule has 4 atom stereocenters. The van der Waals surface area contributed by atoms with Gasteiger partial charge in [-0.05, 0) is 56.2 Å². The maximum Gasteiger partial charge on any atom is 0.417 e. The molecule has 3 unspecified atom stereocenters. The summed E-state index contributed by atoms with van der Waals surface area (Å²) in [6.07, 6.45) is -1.44. The summed E-state index contributed by atoms with van der Waals surface area (Å²) in [6.45, 7) is 2.04. The van der Waals surface area contributed by atoms with Gasteiger partial charge in [0.1, 0.15) is 28.8 Å². The first-order chi connectivity index (χ1) is 19.6. The summed E-state index contributed by atoms with van der Waals surface area (Å²) in [5.74, 6) is -1.71. The molecule has 6 nitrogen and oxygen atoms in total. The number of alkyl halides is 3. The van der Waals surface area contributed by atoms with Gasteiger partial charge in [0.25, 0.3) is 0 Å². The third-order valence-electron chi connectivity index (χ3n) is 8.50. The van der Waals surface area contributed by atoms with E-state index in [0.29, 0.717) is 30.6 Å². The quantitative estimate of drug-likeness (QED) is 0.218. The summed E-state index contributed by atoms with van der Waals surface area (Å²) >= 11 is 0. The van der Waals surface area contributed by atoms with Gasteiger partial charge in [-0.2, -0.15) is 13.2 Å². The van der Waals surface area contributed by atoms with E-state index in [1.807, 2.05) is 6.92 Å². The van der Waals surface area contributed by atoms with Gasteiger partial charge >= 0.3 is 12.1 Å². The molecule has 3 fully saturated rings. The largest absolute Gasteiger partial charge is 0.465 e. The van der Waals surface area contributed by atoms with Crippen LogP contribution < -0.4 is 4.90 Å². The number of anilines is 1. The number of hydrogen-bond acceptors (Lipinski definition) is 6. The first-order valence-corrected chi connectivity index (χ1v) is 13.7. The Morgan fingerprint density at radius 3 is 2.44 bits per heavy atom. The maximum atomic E-state index is 15.2. The van der Waals surface area contributed by atoms with Crippen LogP contribution >= 0.6 is 0 Å². The smallest absolute Gasteiger partial charge is 0.417 e. The normalized spacial score (nSPS) is 24.1. The zero-order chi connectivity index (χ0) is 29.1. The van der Waals surface area contributed by atoms with Gasteiger partial charge < -0.3 is 18.9 Å². The highest BCUT2D eigenvalue weighted by molar-refractivity contribution is 5.90. The van der Waals surface area contributed by atoms with Gasteiger partial charge in [0.2, 0.25) is 0 Å². The summed E-state index contributed by atoms with van der Waals surface area (Å²) in [6, 6.07) is 6.83. The number of aromatic nitrogens is 1. The molecule has 0 amide bonds. The summed E-state index contributed by atoms with van der Waals surface area (Å²) < 4.78 is 88.2. The lowest BCUT2D eigenvalue weighted by molar-refractivity contribution is -0.137. The van der Waals surface area contributed by atoms with Gasteiger partial charge in [0.05, 0.1) is 30.9 Å². The van der Waals surface area contributed by atoms with Crippen molar-refractivity contribution in [1.82, 2.24) is 5.16 Å². The van der Waals surface area contributed by atoms with Crippen LogP contribution in [-0.4, -0.2) is 36.4 Å². The second-order valence-corrected chi connectivity index (χ2v) is 11.2. The number of carbonyl (C=O) groups excluding carboxylic acids is 1. The molecule has 0 spiro atoms. The monoisotopic (exact) mass is 576 g/mol. The van der Waals surface area contributed by atoms with E-state index in [1.54, 1.807) is 4.90 Å². The van der Waals surface area contributed by atoms with E-state index >= 15 is 8.78 Å². The lowest BCUT2D eigenvalue weighted by Crippen LogP contribution is -2.47. The first kappa shape index (κ1) is 27.7. The van der Waals surface area contributed by atoms with E-state index < -0.39 is 29.3 Å². The average molecular weight is 577 g/mol. The van der Waals surface area contributed by atoms with Gasteiger partial charge in [0.15, 0.2) is 0 Å². The van der Waals surface area contributed by atoms with E-state index in [1.165, 1.54) is 18.2 Å². The number of fused-ring (bicyclic) bond motifs is 2. The Hall–Kier alpha value is -3.47. The summed E-state index contributed by atoms with van der Waals surface area (Å²) in [5.41, 5.74) is -0.575. The van der Waals surface area contributed by atoms with E-state index in [9.17, 15) is 18.0 Å². The molecule has 1 aromatic heterocycles. The van der Waals surface area contributed by atoms with Crippen molar-refractivity contribution in [2.75, 3.05) is 12.0 Å². The molecule has 1 saturated carbocycles. The fourth-order valence-corrected chi connectivity index (χ4v) is 6.48. The van der Waals surface area contributed by atoms with Crippen LogP contribution in [0, 0.1) is 17.6 Å². The highest BCUT2D eigenvalue weighted by atomic mass is 19.4. The predicted molar refractivity (Wildman–Crippen MR) is 138 cm³/mol. The number of ether oxygens (including phenoxy) is 2. The fraction of sp³-hybridized carbons (Fsp3) is 0.467. The average Bonchev–Trinajstić information content (AvgIpc) is 3.66. The maximum absolute atomic E-state index is 15.2. The van der Waals surface area contributed by atoms with Gasteiger partial charge in [-0.25, -0.2) is 13.6 Å². The van der Waals surface area contributed by atoms with Crippen LogP contribution in [-0.2, 0) is 22.3 Å². The van der Waals surface area contributed by atoms with Crippen molar-refractivity contribution in [3.8, 4) is 11.3 Å². The minimum absolute atomic E-state index is 0.0197. The molecule has 6 rings (SSSR count). The zero-order valence-corrected chi connectivity index (χ0v) is 22.5. The predicted octanol–water partition coefficient (Wildman–Crippen LogP) is 7.27. The molecule has 3 aromatic rings. The van der Waals surface area contributed by atoms with Crippen molar-refractivity contribution in [2.24, 2.45) is 5.92 Å². The lowest BCUT2D eigenvalue weighted by Gasteiger charge is -2.41. The highest BCUT2D eigenvalue weighted by Gasteiger charge is 2.47. The molecule has 2 saturated heterocycles. The van der Waals surface area contributed by atoms with Crippen LogP contribution in [0.2, 0.25) is 0 Å². The van der Waals surface area contributed by atoms with Crippen molar-refractivity contribution in [2.45, 2.75) is 75.9 Å². The Bertz CT molecular complexity index is 1440. The van der Waals surface area contributed by atoms with Crippen LogP contribution in [0.4, 0.5) is 27.6 Å². The van der Waals surface area contributed by atoms with Crippen LogP contribution in [0.1, 0.15) is 72.2 Å². The van der Waals surface area contributed by atoms with Crippen LogP contribution in [0.15, 0.2) is 40.9 Å². The van der Waals surface area contributed by atoms with E-state index in [2.05, 4.69) is 9.89 Å². The Labute approximate surface area is 233 Å².